The molecule has 0 radical (unpaired) electrons. The van der Waals surface area contributed by atoms with Crippen LogP contribution >= 0.6 is 0 Å². The van der Waals surface area contributed by atoms with Crippen LogP contribution in [-0.2, 0) is 47.3 Å². The first-order valence-corrected chi connectivity index (χ1v) is 25.8. The van der Waals surface area contributed by atoms with E-state index in [1.165, 1.54) is 27.8 Å². The fourth-order valence-electron chi connectivity index (χ4n) is 13.5. The number of nitrogens with zero attached hydrogens (tertiary/aromatic N) is 5. The molecule has 10 aromatic rings. The summed E-state index contributed by atoms with van der Waals surface area (Å²) in [4.78, 5) is 41.3. The van der Waals surface area contributed by atoms with E-state index in [2.05, 4.69) is 197 Å². The summed E-state index contributed by atoms with van der Waals surface area (Å²) in [5.41, 5.74) is 15.5. The lowest BCUT2D eigenvalue weighted by atomic mass is 9.82. The number of aromatic hydroxyl groups is 1. The van der Waals surface area contributed by atoms with E-state index in [0.717, 1.165) is 122 Å². The van der Waals surface area contributed by atoms with Crippen molar-refractivity contribution < 1.29 is 5.11 Å². The molecule has 12 rings (SSSR count). The Hall–Kier alpha value is -7.71. The van der Waals surface area contributed by atoms with Crippen LogP contribution in [0.5, 0.6) is 5.75 Å². The van der Waals surface area contributed by atoms with Crippen LogP contribution in [0.3, 0.4) is 0 Å². The standard InChI is InChI=1S/C65H61N5O3/c1-62(2)37-64(5,6)56-54(62)60(72)67-58-51-23-17-39(32-45(51)26-29-69(56)58)13-15-41-31-42(35-47(34-41)50-12-10-9-11-49(50)43-19-21-44(22-20-43)53-36-48(71)25-28-66-53)16-14-40-18-24-52-46(33-40)27-30-70-57-55(61(73)68-59(52)70)63(3,4)38-65(57,7)8/h9-12,17-36H,13-16,37-38H2,1-8H3,(H,66,71). The summed E-state index contributed by atoms with van der Waals surface area (Å²) in [6, 6.07) is 45.0. The number of pyridine rings is 3. The molecular weight excluding hydrogens is 899 g/mol. The Kier molecular flexibility index (Phi) is 10.6. The fourth-order valence-corrected chi connectivity index (χ4v) is 13.5. The Morgan fingerprint density at radius 2 is 0.945 bits per heavy atom. The molecule has 0 atom stereocenters. The molecule has 0 bridgehead atoms. The summed E-state index contributed by atoms with van der Waals surface area (Å²) in [6.45, 7) is 17.6. The number of fused-ring (bicyclic) bond motifs is 10. The van der Waals surface area contributed by atoms with E-state index in [0.29, 0.717) is 0 Å². The Balaban J connectivity index is 0.882. The predicted octanol–water partition coefficient (Wildman–Crippen LogP) is 13.6. The summed E-state index contributed by atoms with van der Waals surface area (Å²) in [5.74, 6) is 0.191. The number of aromatic nitrogens is 5. The van der Waals surface area contributed by atoms with Crippen LogP contribution in [0.2, 0.25) is 0 Å². The van der Waals surface area contributed by atoms with Crippen molar-refractivity contribution in [3.8, 4) is 39.3 Å². The third-order valence-electron chi connectivity index (χ3n) is 16.1. The van der Waals surface area contributed by atoms with E-state index in [4.69, 9.17) is 9.97 Å². The smallest absolute Gasteiger partial charge is 0.277 e. The van der Waals surface area contributed by atoms with Crippen LogP contribution in [0.25, 0.3) is 66.4 Å². The Labute approximate surface area is 426 Å². The third-order valence-corrected chi connectivity index (χ3v) is 16.1. The number of rotatable bonds is 9. The Morgan fingerprint density at radius 1 is 0.479 bits per heavy atom. The summed E-state index contributed by atoms with van der Waals surface area (Å²) < 4.78 is 4.34. The van der Waals surface area contributed by atoms with E-state index in [1.54, 1.807) is 18.3 Å². The lowest BCUT2D eigenvalue weighted by Gasteiger charge is -2.22. The highest BCUT2D eigenvalue weighted by molar-refractivity contribution is 5.95. The molecule has 2 aliphatic carbocycles. The second-order valence-corrected chi connectivity index (χ2v) is 23.6. The first kappa shape index (κ1) is 46.4. The lowest BCUT2D eigenvalue weighted by Crippen LogP contribution is -2.26. The van der Waals surface area contributed by atoms with Gasteiger partial charge in [-0.1, -0.05) is 159 Å². The molecule has 0 saturated carbocycles. The first-order valence-electron chi connectivity index (χ1n) is 25.8. The molecule has 0 saturated heterocycles. The zero-order valence-electron chi connectivity index (χ0n) is 43.1. The van der Waals surface area contributed by atoms with Gasteiger partial charge in [-0.2, -0.15) is 9.97 Å². The van der Waals surface area contributed by atoms with Gasteiger partial charge in [0.2, 0.25) is 0 Å². The van der Waals surface area contributed by atoms with E-state index in [1.807, 2.05) is 0 Å². The van der Waals surface area contributed by atoms with E-state index >= 15 is 0 Å². The molecule has 73 heavy (non-hydrogen) atoms. The topological polar surface area (TPSA) is 102 Å². The molecule has 2 aliphatic rings. The van der Waals surface area contributed by atoms with Crippen LogP contribution in [0.1, 0.15) is 113 Å². The van der Waals surface area contributed by atoms with Gasteiger partial charge in [0.1, 0.15) is 17.0 Å². The van der Waals surface area contributed by atoms with Crippen molar-refractivity contribution in [3.05, 3.63) is 211 Å². The van der Waals surface area contributed by atoms with Gasteiger partial charge >= 0.3 is 0 Å². The average molecular weight is 960 g/mol. The maximum Gasteiger partial charge on any atom is 0.277 e. The molecule has 5 aromatic carbocycles. The highest BCUT2D eigenvalue weighted by Crippen LogP contribution is 2.49. The quantitative estimate of drug-likeness (QED) is 0.145. The van der Waals surface area contributed by atoms with Crippen molar-refractivity contribution in [1.29, 1.82) is 0 Å². The highest BCUT2D eigenvalue weighted by atomic mass is 16.3. The number of aryl methyl sites for hydroxylation is 4. The normalized spacial score (nSPS) is 16.1. The molecule has 1 N–H and O–H groups in total. The molecular formula is C65H61N5O3. The predicted molar refractivity (Wildman–Crippen MR) is 296 cm³/mol. The van der Waals surface area contributed by atoms with Crippen molar-refractivity contribution in [3.63, 3.8) is 0 Å². The van der Waals surface area contributed by atoms with E-state index in [9.17, 15) is 14.7 Å². The molecule has 5 heterocycles. The lowest BCUT2D eigenvalue weighted by molar-refractivity contribution is 0.397. The monoisotopic (exact) mass is 959 g/mol. The van der Waals surface area contributed by atoms with Gasteiger partial charge in [0.15, 0.2) is 0 Å². The highest BCUT2D eigenvalue weighted by Gasteiger charge is 2.47. The van der Waals surface area contributed by atoms with Crippen molar-refractivity contribution in [1.82, 2.24) is 23.8 Å². The summed E-state index contributed by atoms with van der Waals surface area (Å²) >= 11 is 0. The maximum absolute atomic E-state index is 13.7. The minimum absolute atomic E-state index is 0.109. The van der Waals surface area contributed by atoms with Crippen LogP contribution in [0.15, 0.2) is 156 Å². The molecule has 364 valence electrons. The zero-order valence-corrected chi connectivity index (χ0v) is 43.1. The number of hydrogen-bond acceptors (Lipinski definition) is 6. The third kappa shape index (κ3) is 7.94. The van der Waals surface area contributed by atoms with Gasteiger partial charge in [-0.3, -0.25) is 14.6 Å². The Morgan fingerprint density at radius 3 is 1.44 bits per heavy atom. The molecule has 0 fully saturated rings. The van der Waals surface area contributed by atoms with Crippen LogP contribution in [0.4, 0.5) is 0 Å². The van der Waals surface area contributed by atoms with Gasteiger partial charge in [-0.05, 0) is 123 Å². The first-order chi connectivity index (χ1) is 34.8. The number of benzene rings is 5. The van der Waals surface area contributed by atoms with Gasteiger partial charge in [-0.25, -0.2) is 0 Å². The molecule has 0 amide bonds. The van der Waals surface area contributed by atoms with Gasteiger partial charge in [0.05, 0.1) is 5.69 Å². The van der Waals surface area contributed by atoms with Gasteiger partial charge in [0, 0.05) is 74.3 Å². The molecule has 0 unspecified atom stereocenters. The molecule has 0 aliphatic heterocycles. The summed E-state index contributed by atoms with van der Waals surface area (Å²) in [5, 5.41) is 14.3. The average Bonchev–Trinajstić information content (AvgIpc) is 3.70. The summed E-state index contributed by atoms with van der Waals surface area (Å²) in [7, 11) is 0. The maximum atomic E-state index is 13.7. The second kappa shape index (κ2) is 16.7. The largest absolute Gasteiger partial charge is 0.508 e. The van der Waals surface area contributed by atoms with E-state index < -0.39 is 0 Å². The zero-order chi connectivity index (χ0) is 50.8. The van der Waals surface area contributed by atoms with Gasteiger partial charge in [-0.15, -0.1) is 0 Å². The minimum Gasteiger partial charge on any atom is -0.508 e. The molecule has 0 spiro atoms. The van der Waals surface area contributed by atoms with E-state index in [-0.39, 0.29) is 38.5 Å². The fraction of sp³-hybridized carbons (Fsp3) is 0.277. The molecule has 5 aromatic heterocycles. The van der Waals surface area contributed by atoms with Crippen molar-refractivity contribution in [2.24, 2.45) is 0 Å². The minimum atomic E-state index is -0.231. The van der Waals surface area contributed by atoms with Crippen molar-refractivity contribution in [2.45, 2.75) is 116 Å². The van der Waals surface area contributed by atoms with Crippen LogP contribution < -0.4 is 11.1 Å². The molecule has 8 nitrogen and oxygen atoms in total. The summed E-state index contributed by atoms with van der Waals surface area (Å²) in [6.07, 6.45) is 11.0. The van der Waals surface area contributed by atoms with Crippen LogP contribution in [0, 0.1) is 0 Å². The second-order valence-electron chi connectivity index (χ2n) is 23.6. The Bertz CT molecular complexity index is 3850. The SMILES string of the molecule is CC1(C)CC(C)(C)c2c1c(=O)nc1c3ccc(CCc4cc(CCc5ccc6c(ccn7c8c(c(=O)nc67)C(C)(C)CC8(C)C)c5)cc(-c5ccccc5-c5ccc(-c6cc(O)ccn6)cc5)c4)cc3ccn21. The van der Waals surface area contributed by atoms with Gasteiger partial charge < -0.3 is 13.9 Å². The van der Waals surface area contributed by atoms with Crippen molar-refractivity contribution >= 4 is 32.8 Å². The van der Waals surface area contributed by atoms with Crippen LogP contribution in [-0.4, -0.2) is 28.9 Å². The molecule has 8 heteroatoms. The number of hydrogen-bond donors (Lipinski definition) is 1. The van der Waals surface area contributed by atoms with Crippen molar-refractivity contribution in [2.75, 3.05) is 0 Å². The van der Waals surface area contributed by atoms with Gasteiger partial charge in [0.25, 0.3) is 11.1 Å².